The van der Waals surface area contributed by atoms with Crippen LogP contribution in [0.15, 0.2) is 18.3 Å². The zero-order chi connectivity index (χ0) is 12.9. The molecule has 1 rings (SSSR count). The van der Waals surface area contributed by atoms with Gasteiger partial charge in [0.15, 0.2) is 0 Å². The van der Waals surface area contributed by atoms with Gasteiger partial charge in [-0.2, -0.15) is 13.2 Å². The summed E-state index contributed by atoms with van der Waals surface area (Å²) in [4.78, 5) is 3.73. The van der Waals surface area contributed by atoms with Crippen molar-refractivity contribution in [2.45, 2.75) is 32.0 Å². The molecule has 1 unspecified atom stereocenters. The van der Waals surface area contributed by atoms with E-state index < -0.39 is 11.7 Å². The largest absolute Gasteiger partial charge is 0.417 e. The molecule has 96 valence electrons. The first-order valence-electron chi connectivity index (χ1n) is 5.47. The predicted octanol–water partition coefficient (Wildman–Crippen LogP) is 2.64. The topological polar surface area (TPSA) is 50.9 Å². The Balaban J connectivity index is 2.68. The van der Waals surface area contributed by atoms with E-state index in [4.69, 9.17) is 5.73 Å². The Kier molecular flexibility index (Phi) is 4.74. The quantitative estimate of drug-likeness (QED) is 0.841. The summed E-state index contributed by atoms with van der Waals surface area (Å²) in [6.07, 6.45) is -1.71. The van der Waals surface area contributed by atoms with Crippen LogP contribution in [-0.4, -0.2) is 17.6 Å². The fourth-order valence-corrected chi connectivity index (χ4v) is 1.45. The van der Waals surface area contributed by atoms with Gasteiger partial charge in [-0.05, 0) is 18.6 Å². The summed E-state index contributed by atoms with van der Waals surface area (Å²) in [6, 6.07) is 2.37. The second-order valence-electron chi connectivity index (χ2n) is 3.80. The number of hydrogen-bond donors (Lipinski definition) is 2. The minimum absolute atomic E-state index is 0.0456. The number of anilines is 1. The zero-order valence-corrected chi connectivity index (χ0v) is 9.59. The Morgan fingerprint density at radius 1 is 1.41 bits per heavy atom. The number of rotatable bonds is 5. The lowest BCUT2D eigenvalue weighted by molar-refractivity contribution is -0.137. The maximum atomic E-state index is 12.3. The van der Waals surface area contributed by atoms with Crippen molar-refractivity contribution in [2.24, 2.45) is 5.73 Å². The molecule has 1 atom stereocenters. The molecule has 0 spiro atoms. The van der Waals surface area contributed by atoms with E-state index in [1.807, 2.05) is 6.92 Å². The number of aromatic nitrogens is 1. The molecule has 0 fully saturated rings. The van der Waals surface area contributed by atoms with Gasteiger partial charge in [-0.25, -0.2) is 4.98 Å². The van der Waals surface area contributed by atoms with Gasteiger partial charge >= 0.3 is 6.18 Å². The zero-order valence-electron chi connectivity index (χ0n) is 9.59. The summed E-state index contributed by atoms with van der Waals surface area (Å²) in [5.74, 6) is 0.418. The lowest BCUT2D eigenvalue weighted by atomic mass is 10.1. The number of halogens is 3. The number of nitrogens with zero attached hydrogens (tertiary/aromatic N) is 1. The van der Waals surface area contributed by atoms with E-state index in [1.165, 1.54) is 6.07 Å². The molecule has 0 aliphatic heterocycles. The van der Waals surface area contributed by atoms with Crippen LogP contribution >= 0.6 is 0 Å². The number of pyridine rings is 1. The number of hydrogen-bond acceptors (Lipinski definition) is 3. The van der Waals surface area contributed by atoms with Crippen LogP contribution in [0.4, 0.5) is 19.0 Å². The molecule has 1 aromatic heterocycles. The first kappa shape index (κ1) is 13.8. The van der Waals surface area contributed by atoms with Crippen molar-refractivity contribution in [2.75, 3.05) is 11.9 Å². The Labute approximate surface area is 98.2 Å². The molecule has 0 aliphatic rings. The van der Waals surface area contributed by atoms with E-state index in [-0.39, 0.29) is 6.04 Å². The summed E-state index contributed by atoms with van der Waals surface area (Å²) >= 11 is 0. The van der Waals surface area contributed by atoms with Crippen LogP contribution in [0, 0.1) is 0 Å². The van der Waals surface area contributed by atoms with Gasteiger partial charge in [0.1, 0.15) is 5.82 Å². The van der Waals surface area contributed by atoms with Crippen molar-refractivity contribution in [1.29, 1.82) is 0 Å². The van der Waals surface area contributed by atoms with Gasteiger partial charge in [-0.15, -0.1) is 0 Å². The average Bonchev–Trinajstić information content (AvgIpc) is 2.28. The van der Waals surface area contributed by atoms with E-state index in [0.29, 0.717) is 12.4 Å². The summed E-state index contributed by atoms with van der Waals surface area (Å²) in [7, 11) is 0. The minimum Gasteiger partial charge on any atom is -0.366 e. The molecular weight excluding hydrogens is 231 g/mol. The molecule has 0 amide bonds. The first-order chi connectivity index (χ1) is 7.97. The summed E-state index contributed by atoms with van der Waals surface area (Å²) < 4.78 is 36.9. The van der Waals surface area contributed by atoms with E-state index in [1.54, 1.807) is 0 Å². The van der Waals surface area contributed by atoms with Gasteiger partial charge in [0.25, 0.3) is 0 Å². The third-order valence-corrected chi connectivity index (χ3v) is 2.36. The van der Waals surface area contributed by atoms with Gasteiger partial charge in [0.05, 0.1) is 5.56 Å². The van der Waals surface area contributed by atoms with Crippen LogP contribution in [0.25, 0.3) is 0 Å². The molecule has 1 heterocycles. The highest BCUT2D eigenvalue weighted by Gasteiger charge is 2.30. The molecule has 1 aromatic rings. The fourth-order valence-electron chi connectivity index (χ4n) is 1.45. The third kappa shape index (κ3) is 4.22. The van der Waals surface area contributed by atoms with Crippen molar-refractivity contribution < 1.29 is 13.2 Å². The minimum atomic E-state index is -4.35. The van der Waals surface area contributed by atoms with Crippen molar-refractivity contribution in [3.8, 4) is 0 Å². The average molecular weight is 247 g/mol. The van der Waals surface area contributed by atoms with E-state index in [2.05, 4.69) is 10.3 Å². The number of alkyl halides is 3. The van der Waals surface area contributed by atoms with Gasteiger partial charge in [-0.1, -0.05) is 13.3 Å². The molecule has 3 nitrogen and oxygen atoms in total. The van der Waals surface area contributed by atoms with Crippen molar-refractivity contribution >= 4 is 5.82 Å². The number of nitrogens with two attached hydrogens (primary N) is 1. The van der Waals surface area contributed by atoms with Gasteiger partial charge < -0.3 is 11.1 Å². The normalized spacial score (nSPS) is 13.5. The highest BCUT2D eigenvalue weighted by Crippen LogP contribution is 2.28. The lowest BCUT2D eigenvalue weighted by Crippen LogP contribution is -2.29. The summed E-state index contributed by atoms with van der Waals surface area (Å²) in [5, 5.41) is 3.00. The fraction of sp³-hybridized carbons (Fsp3) is 0.545. The smallest absolute Gasteiger partial charge is 0.366 e. The first-order valence-corrected chi connectivity index (χ1v) is 5.47. The Morgan fingerprint density at radius 3 is 2.53 bits per heavy atom. The van der Waals surface area contributed by atoms with Crippen LogP contribution in [0.3, 0.4) is 0 Å². The Bertz CT molecular complexity index is 335. The molecule has 0 saturated carbocycles. The molecule has 17 heavy (non-hydrogen) atoms. The second kappa shape index (κ2) is 5.86. The lowest BCUT2D eigenvalue weighted by Gasteiger charge is -2.16. The van der Waals surface area contributed by atoms with Crippen LogP contribution in [0.2, 0.25) is 0 Å². The molecule has 0 radical (unpaired) electrons. The molecule has 3 N–H and O–H groups in total. The maximum Gasteiger partial charge on any atom is 0.417 e. The van der Waals surface area contributed by atoms with Crippen molar-refractivity contribution in [1.82, 2.24) is 4.98 Å². The van der Waals surface area contributed by atoms with Crippen molar-refractivity contribution in [3.63, 3.8) is 0 Å². The number of nitrogens with one attached hydrogen (secondary N) is 1. The SMILES string of the molecule is CCCC(CN)Nc1ccc(C(F)(F)F)cn1. The Hall–Kier alpha value is -1.30. The molecule has 0 aromatic carbocycles. The van der Waals surface area contributed by atoms with Gasteiger partial charge in [0.2, 0.25) is 0 Å². The predicted molar refractivity (Wildman–Crippen MR) is 60.6 cm³/mol. The third-order valence-electron chi connectivity index (χ3n) is 2.36. The van der Waals surface area contributed by atoms with Crippen LogP contribution in [-0.2, 0) is 6.18 Å². The van der Waals surface area contributed by atoms with E-state index in [9.17, 15) is 13.2 Å². The summed E-state index contributed by atoms with van der Waals surface area (Å²) in [5.41, 5.74) is 4.79. The molecule has 6 heteroatoms. The van der Waals surface area contributed by atoms with Crippen LogP contribution in [0.1, 0.15) is 25.3 Å². The van der Waals surface area contributed by atoms with Gasteiger partial charge in [0, 0.05) is 18.8 Å². The standard InChI is InChI=1S/C11H16F3N3/c1-2-3-9(6-15)17-10-5-4-8(7-16-10)11(12,13)14/h4-5,7,9H,2-3,6,15H2,1H3,(H,16,17). The monoisotopic (exact) mass is 247 g/mol. The molecule has 0 bridgehead atoms. The second-order valence-corrected chi connectivity index (χ2v) is 3.80. The Morgan fingerprint density at radius 2 is 2.12 bits per heavy atom. The highest BCUT2D eigenvalue weighted by molar-refractivity contribution is 5.37. The molecular formula is C11H16F3N3. The highest BCUT2D eigenvalue weighted by atomic mass is 19.4. The van der Waals surface area contributed by atoms with Crippen LogP contribution < -0.4 is 11.1 Å². The molecule has 0 saturated heterocycles. The van der Waals surface area contributed by atoms with E-state index >= 15 is 0 Å². The van der Waals surface area contributed by atoms with Crippen molar-refractivity contribution in [3.05, 3.63) is 23.9 Å². The van der Waals surface area contributed by atoms with Gasteiger partial charge in [-0.3, -0.25) is 0 Å². The summed E-state index contributed by atoms with van der Waals surface area (Å²) in [6.45, 7) is 2.45. The van der Waals surface area contributed by atoms with E-state index in [0.717, 1.165) is 25.1 Å². The molecule has 0 aliphatic carbocycles. The maximum absolute atomic E-state index is 12.3. The van der Waals surface area contributed by atoms with Crippen LogP contribution in [0.5, 0.6) is 0 Å².